The average Bonchev–Trinajstić information content (AvgIpc) is 2.72. The summed E-state index contributed by atoms with van der Waals surface area (Å²) < 4.78 is 18.4. The number of amides is 1. The monoisotopic (exact) mass is 385 g/mol. The van der Waals surface area contributed by atoms with Crippen LogP contribution in [0.15, 0.2) is 48.5 Å². The van der Waals surface area contributed by atoms with Crippen LogP contribution in [-0.2, 0) is 4.79 Å². The van der Waals surface area contributed by atoms with Crippen molar-refractivity contribution in [3.05, 3.63) is 54.3 Å². The van der Waals surface area contributed by atoms with Crippen LogP contribution in [0.4, 0.5) is 15.8 Å². The molecule has 0 aromatic heterocycles. The molecule has 0 spiro atoms. The van der Waals surface area contributed by atoms with Crippen LogP contribution in [0.3, 0.4) is 0 Å². The molecule has 6 heteroatoms. The van der Waals surface area contributed by atoms with Gasteiger partial charge in [-0.25, -0.2) is 4.39 Å². The third kappa shape index (κ3) is 4.74. The summed E-state index contributed by atoms with van der Waals surface area (Å²) in [5, 5.41) is 0. The van der Waals surface area contributed by atoms with Gasteiger partial charge in [-0.05, 0) is 62.4 Å². The molecule has 1 saturated heterocycles. The first-order chi connectivity index (χ1) is 13.5. The van der Waals surface area contributed by atoms with Crippen molar-refractivity contribution in [2.24, 2.45) is 0 Å². The van der Waals surface area contributed by atoms with Crippen molar-refractivity contribution < 1.29 is 13.9 Å². The smallest absolute Gasteiger partial charge is 0.242 e. The summed E-state index contributed by atoms with van der Waals surface area (Å²) in [7, 11) is 1.66. The first-order valence-corrected chi connectivity index (χ1v) is 9.67. The number of hydrogen-bond acceptors (Lipinski definition) is 4. The summed E-state index contributed by atoms with van der Waals surface area (Å²) in [6.07, 6.45) is 0. The number of rotatable bonds is 6. The minimum atomic E-state index is -0.270. The lowest BCUT2D eigenvalue weighted by Crippen LogP contribution is -2.52. The van der Waals surface area contributed by atoms with Crippen molar-refractivity contribution in [1.82, 2.24) is 4.90 Å². The van der Waals surface area contributed by atoms with E-state index in [0.29, 0.717) is 19.6 Å². The molecule has 0 aliphatic carbocycles. The molecular weight excluding hydrogens is 357 g/mol. The van der Waals surface area contributed by atoms with Gasteiger partial charge >= 0.3 is 0 Å². The minimum absolute atomic E-state index is 0.104. The number of carbonyl (C=O) groups excluding carboxylic acids is 1. The summed E-state index contributed by atoms with van der Waals surface area (Å²) in [5.41, 5.74) is 2.00. The van der Waals surface area contributed by atoms with E-state index in [1.54, 1.807) is 19.2 Å². The first-order valence-electron chi connectivity index (χ1n) is 9.67. The van der Waals surface area contributed by atoms with E-state index < -0.39 is 0 Å². The third-order valence-electron chi connectivity index (χ3n) is 5.16. The Morgan fingerprint density at radius 3 is 2.18 bits per heavy atom. The molecule has 0 N–H and O–H groups in total. The molecule has 3 rings (SSSR count). The Labute approximate surface area is 166 Å². The van der Waals surface area contributed by atoms with Gasteiger partial charge in [-0.15, -0.1) is 0 Å². The Hall–Kier alpha value is -2.76. The summed E-state index contributed by atoms with van der Waals surface area (Å²) in [5.74, 6) is 0.674. The van der Waals surface area contributed by atoms with Crippen molar-refractivity contribution in [1.29, 1.82) is 0 Å². The van der Waals surface area contributed by atoms with Crippen molar-refractivity contribution in [3.63, 3.8) is 0 Å². The van der Waals surface area contributed by atoms with Crippen LogP contribution in [0, 0.1) is 5.82 Å². The number of ether oxygens (including phenoxy) is 1. The van der Waals surface area contributed by atoms with Crippen LogP contribution in [-0.4, -0.2) is 56.7 Å². The number of benzene rings is 2. The molecule has 0 saturated carbocycles. The lowest BCUT2D eigenvalue weighted by molar-refractivity contribution is -0.130. The second-order valence-electron chi connectivity index (χ2n) is 7.26. The molecule has 0 atom stereocenters. The second-order valence-corrected chi connectivity index (χ2v) is 7.26. The van der Waals surface area contributed by atoms with Gasteiger partial charge in [0.1, 0.15) is 11.6 Å². The van der Waals surface area contributed by atoms with Gasteiger partial charge in [0.05, 0.1) is 13.7 Å². The Morgan fingerprint density at radius 1 is 1.04 bits per heavy atom. The molecule has 5 nitrogen and oxygen atoms in total. The molecule has 0 unspecified atom stereocenters. The maximum absolute atomic E-state index is 13.2. The predicted molar refractivity (Wildman–Crippen MR) is 111 cm³/mol. The van der Waals surface area contributed by atoms with E-state index in [1.165, 1.54) is 12.1 Å². The van der Waals surface area contributed by atoms with Crippen LogP contribution in [0.1, 0.15) is 13.8 Å². The molecule has 1 heterocycles. The number of piperazine rings is 1. The quantitative estimate of drug-likeness (QED) is 0.764. The van der Waals surface area contributed by atoms with Crippen LogP contribution in [0.25, 0.3) is 0 Å². The second kappa shape index (κ2) is 8.95. The zero-order valence-electron chi connectivity index (χ0n) is 16.8. The molecule has 2 aromatic rings. The highest BCUT2D eigenvalue weighted by Gasteiger charge is 2.24. The van der Waals surface area contributed by atoms with E-state index in [2.05, 4.69) is 4.90 Å². The number of halogens is 1. The van der Waals surface area contributed by atoms with Crippen LogP contribution in [0.5, 0.6) is 5.75 Å². The van der Waals surface area contributed by atoms with Gasteiger partial charge in [0.25, 0.3) is 0 Å². The van der Waals surface area contributed by atoms with E-state index in [0.717, 1.165) is 30.2 Å². The molecule has 28 heavy (non-hydrogen) atoms. The van der Waals surface area contributed by atoms with E-state index >= 15 is 0 Å². The predicted octanol–water partition coefficient (Wildman–Crippen LogP) is 3.40. The first kappa shape index (κ1) is 20.0. The number of anilines is 2. The summed E-state index contributed by atoms with van der Waals surface area (Å²) in [6.45, 7) is 7.37. The zero-order valence-corrected chi connectivity index (χ0v) is 16.8. The van der Waals surface area contributed by atoms with Gasteiger partial charge in [0.2, 0.25) is 5.91 Å². The van der Waals surface area contributed by atoms with Gasteiger partial charge in [-0.2, -0.15) is 0 Å². The molecule has 0 radical (unpaired) electrons. The fourth-order valence-corrected chi connectivity index (χ4v) is 3.46. The third-order valence-corrected chi connectivity index (χ3v) is 5.16. The molecule has 1 fully saturated rings. The van der Waals surface area contributed by atoms with Crippen LogP contribution in [0.2, 0.25) is 0 Å². The van der Waals surface area contributed by atoms with Gasteiger partial charge in [-0.3, -0.25) is 4.79 Å². The van der Waals surface area contributed by atoms with Crippen molar-refractivity contribution in [2.75, 3.05) is 49.6 Å². The topological polar surface area (TPSA) is 36.0 Å². The number of hydrogen-bond donors (Lipinski definition) is 0. The minimum Gasteiger partial charge on any atom is -0.497 e. The van der Waals surface area contributed by atoms with Crippen molar-refractivity contribution in [3.8, 4) is 5.75 Å². The van der Waals surface area contributed by atoms with E-state index in [-0.39, 0.29) is 17.8 Å². The SMILES string of the molecule is COc1ccc(N2CCN(C(=O)CN(c3ccc(F)cc3)C(C)C)CC2)cc1. The van der Waals surface area contributed by atoms with E-state index in [4.69, 9.17) is 4.74 Å². The Kier molecular flexibility index (Phi) is 6.39. The van der Waals surface area contributed by atoms with Crippen LogP contribution >= 0.6 is 0 Å². The zero-order chi connectivity index (χ0) is 20.1. The van der Waals surface area contributed by atoms with Gasteiger partial charge in [0.15, 0.2) is 0 Å². The fraction of sp³-hybridized carbons (Fsp3) is 0.409. The van der Waals surface area contributed by atoms with Gasteiger partial charge in [0, 0.05) is 43.6 Å². The van der Waals surface area contributed by atoms with E-state index in [9.17, 15) is 9.18 Å². The largest absolute Gasteiger partial charge is 0.497 e. The highest BCUT2D eigenvalue weighted by Crippen LogP contribution is 2.21. The van der Waals surface area contributed by atoms with Gasteiger partial charge < -0.3 is 19.4 Å². The van der Waals surface area contributed by atoms with Crippen molar-refractivity contribution in [2.45, 2.75) is 19.9 Å². The summed E-state index contributed by atoms with van der Waals surface area (Å²) >= 11 is 0. The molecule has 1 amide bonds. The Morgan fingerprint density at radius 2 is 1.64 bits per heavy atom. The van der Waals surface area contributed by atoms with Crippen molar-refractivity contribution >= 4 is 17.3 Å². The van der Waals surface area contributed by atoms with Gasteiger partial charge in [-0.1, -0.05) is 0 Å². The molecule has 0 bridgehead atoms. The fourth-order valence-electron chi connectivity index (χ4n) is 3.46. The molecule has 2 aromatic carbocycles. The Bertz CT molecular complexity index is 769. The maximum atomic E-state index is 13.2. The number of carbonyl (C=O) groups is 1. The Balaban J connectivity index is 1.58. The molecular formula is C22H28FN3O2. The normalized spacial score (nSPS) is 14.3. The lowest BCUT2D eigenvalue weighted by Gasteiger charge is -2.38. The summed E-state index contributed by atoms with van der Waals surface area (Å²) in [6, 6.07) is 14.5. The maximum Gasteiger partial charge on any atom is 0.242 e. The van der Waals surface area contributed by atoms with E-state index in [1.807, 2.05) is 47.9 Å². The molecule has 150 valence electrons. The summed E-state index contributed by atoms with van der Waals surface area (Å²) in [4.78, 5) is 19.1. The molecule has 1 aliphatic rings. The standard InChI is InChI=1S/C22H28FN3O2/c1-17(2)26(20-6-4-18(23)5-7-20)16-22(27)25-14-12-24(13-15-25)19-8-10-21(28-3)11-9-19/h4-11,17H,12-16H2,1-3H3. The average molecular weight is 385 g/mol. The molecule has 1 aliphatic heterocycles. The highest BCUT2D eigenvalue weighted by molar-refractivity contribution is 5.82. The highest BCUT2D eigenvalue weighted by atomic mass is 19.1. The van der Waals surface area contributed by atoms with Crippen LogP contribution < -0.4 is 14.5 Å². The lowest BCUT2D eigenvalue weighted by atomic mass is 10.2. The number of nitrogens with zero attached hydrogens (tertiary/aromatic N) is 3. The number of methoxy groups -OCH3 is 1.